The van der Waals surface area contributed by atoms with E-state index in [2.05, 4.69) is 15.3 Å². The highest BCUT2D eigenvalue weighted by Crippen LogP contribution is 2.29. The number of rotatable bonds is 2. The molecule has 0 fully saturated rings. The third-order valence-electron chi connectivity index (χ3n) is 2.80. The molecule has 0 unspecified atom stereocenters. The number of anilines is 1. The van der Waals surface area contributed by atoms with Gasteiger partial charge in [0.25, 0.3) is 5.56 Å². The molecule has 0 aliphatic carbocycles. The van der Waals surface area contributed by atoms with E-state index in [0.717, 1.165) is 23.0 Å². The Labute approximate surface area is 123 Å². The number of aromatic nitrogens is 4. The van der Waals surface area contributed by atoms with Gasteiger partial charge in [0.15, 0.2) is 16.5 Å². The summed E-state index contributed by atoms with van der Waals surface area (Å²) in [6.45, 7) is 1.92. The van der Waals surface area contributed by atoms with Crippen LogP contribution in [-0.2, 0) is 0 Å². The third-order valence-corrected chi connectivity index (χ3v) is 3.56. The highest BCUT2D eigenvalue weighted by atomic mass is 32.1. The fraction of sp³-hybridized carbons (Fsp3) is 0.0769. The van der Waals surface area contributed by atoms with Crippen molar-refractivity contribution in [3.63, 3.8) is 0 Å². The highest BCUT2D eigenvalue weighted by Gasteiger charge is 2.15. The summed E-state index contributed by atoms with van der Waals surface area (Å²) >= 11 is 1.09. The summed E-state index contributed by atoms with van der Waals surface area (Å²) in [6, 6.07) is 8.43. The lowest BCUT2D eigenvalue weighted by molar-refractivity contribution is 0.470. The van der Waals surface area contributed by atoms with Gasteiger partial charge in [-0.05, 0) is 24.6 Å². The summed E-state index contributed by atoms with van der Waals surface area (Å²) < 4.78 is 1.21. The Hall–Kier alpha value is -2.74. The van der Waals surface area contributed by atoms with E-state index in [9.17, 15) is 9.90 Å². The Morgan fingerprint density at radius 2 is 2.10 bits per heavy atom. The molecule has 8 heteroatoms. The van der Waals surface area contributed by atoms with Gasteiger partial charge in [-0.15, -0.1) is 10.2 Å². The number of benzene rings is 1. The molecule has 2 aromatic heterocycles. The standard InChI is InChI=1S/C13H11N5O2S/c1-7-3-2-4-8(5-7)18-10(20)6-9(19)11(17-18)12-15-16-13(14)21-12/h2-6,19H,1H3,(H2,14,16). The van der Waals surface area contributed by atoms with E-state index in [1.807, 2.05) is 25.1 Å². The van der Waals surface area contributed by atoms with Crippen molar-refractivity contribution < 1.29 is 5.11 Å². The smallest absolute Gasteiger partial charge is 0.275 e. The SMILES string of the molecule is Cc1cccc(-n2nc(-c3nnc(N)s3)c(O)cc2=O)c1. The number of aryl methyl sites for hydroxylation is 1. The minimum Gasteiger partial charge on any atom is -0.505 e. The maximum Gasteiger partial charge on any atom is 0.275 e. The van der Waals surface area contributed by atoms with Crippen molar-refractivity contribution in [2.75, 3.05) is 5.73 Å². The second-order valence-electron chi connectivity index (χ2n) is 4.41. The predicted molar refractivity (Wildman–Crippen MR) is 79.6 cm³/mol. The Kier molecular flexibility index (Phi) is 3.15. The van der Waals surface area contributed by atoms with Gasteiger partial charge in [0.1, 0.15) is 0 Å². The average Bonchev–Trinajstić information content (AvgIpc) is 2.85. The Balaban J connectivity index is 2.21. The van der Waals surface area contributed by atoms with Gasteiger partial charge in [0.2, 0.25) is 5.13 Å². The molecule has 7 nitrogen and oxygen atoms in total. The second-order valence-corrected chi connectivity index (χ2v) is 5.42. The summed E-state index contributed by atoms with van der Waals surface area (Å²) in [6.07, 6.45) is 0. The molecule has 0 aliphatic heterocycles. The Morgan fingerprint density at radius 1 is 1.29 bits per heavy atom. The first kappa shape index (κ1) is 13.3. The normalized spacial score (nSPS) is 10.7. The fourth-order valence-electron chi connectivity index (χ4n) is 1.87. The van der Waals surface area contributed by atoms with Crippen molar-refractivity contribution in [2.24, 2.45) is 0 Å². The van der Waals surface area contributed by atoms with E-state index < -0.39 is 5.56 Å². The van der Waals surface area contributed by atoms with Gasteiger partial charge in [0.05, 0.1) is 5.69 Å². The van der Waals surface area contributed by atoms with E-state index in [4.69, 9.17) is 5.73 Å². The van der Waals surface area contributed by atoms with E-state index >= 15 is 0 Å². The van der Waals surface area contributed by atoms with Gasteiger partial charge in [-0.25, -0.2) is 0 Å². The van der Waals surface area contributed by atoms with Gasteiger partial charge in [-0.2, -0.15) is 9.78 Å². The molecule has 106 valence electrons. The Morgan fingerprint density at radius 3 is 2.76 bits per heavy atom. The number of hydrogen-bond acceptors (Lipinski definition) is 7. The van der Waals surface area contributed by atoms with Gasteiger partial charge >= 0.3 is 0 Å². The largest absolute Gasteiger partial charge is 0.505 e. The van der Waals surface area contributed by atoms with Crippen LogP contribution in [0.5, 0.6) is 5.75 Å². The van der Waals surface area contributed by atoms with Crippen LogP contribution in [0.15, 0.2) is 35.1 Å². The summed E-state index contributed by atoms with van der Waals surface area (Å²) in [5.41, 5.74) is 6.88. The molecule has 0 saturated heterocycles. The van der Waals surface area contributed by atoms with Gasteiger partial charge in [-0.3, -0.25) is 4.79 Å². The molecular formula is C13H11N5O2S. The van der Waals surface area contributed by atoms with Crippen molar-refractivity contribution in [2.45, 2.75) is 6.92 Å². The zero-order valence-electron chi connectivity index (χ0n) is 11.0. The van der Waals surface area contributed by atoms with Crippen LogP contribution in [0.4, 0.5) is 5.13 Å². The highest BCUT2D eigenvalue weighted by molar-refractivity contribution is 7.18. The number of aromatic hydroxyl groups is 1. The molecule has 2 heterocycles. The lowest BCUT2D eigenvalue weighted by Crippen LogP contribution is -2.20. The zero-order valence-corrected chi connectivity index (χ0v) is 11.8. The molecule has 0 amide bonds. The van der Waals surface area contributed by atoms with Crippen molar-refractivity contribution in [1.82, 2.24) is 20.0 Å². The number of nitrogens with zero attached hydrogens (tertiary/aromatic N) is 4. The maximum absolute atomic E-state index is 12.0. The molecule has 3 rings (SSSR count). The van der Waals surface area contributed by atoms with Crippen LogP contribution >= 0.6 is 11.3 Å². The van der Waals surface area contributed by atoms with E-state index in [1.54, 1.807) is 6.07 Å². The maximum atomic E-state index is 12.0. The van der Waals surface area contributed by atoms with Crippen molar-refractivity contribution in [3.8, 4) is 22.1 Å². The minimum atomic E-state index is -0.431. The number of hydrogen-bond donors (Lipinski definition) is 2. The lowest BCUT2D eigenvalue weighted by atomic mass is 10.2. The van der Waals surface area contributed by atoms with Crippen molar-refractivity contribution in [3.05, 3.63) is 46.2 Å². The lowest BCUT2D eigenvalue weighted by Gasteiger charge is -2.07. The first-order valence-electron chi connectivity index (χ1n) is 6.04. The van der Waals surface area contributed by atoms with Crippen LogP contribution in [0.3, 0.4) is 0 Å². The molecule has 0 spiro atoms. The molecule has 0 aliphatic rings. The summed E-state index contributed by atoms with van der Waals surface area (Å²) in [5.74, 6) is -0.250. The molecule has 1 aromatic carbocycles. The third kappa shape index (κ3) is 2.48. The van der Waals surface area contributed by atoms with Crippen LogP contribution in [0.1, 0.15) is 5.56 Å². The van der Waals surface area contributed by atoms with E-state index in [0.29, 0.717) is 10.7 Å². The van der Waals surface area contributed by atoms with Crippen LogP contribution in [-0.4, -0.2) is 25.1 Å². The topological polar surface area (TPSA) is 107 Å². The van der Waals surface area contributed by atoms with E-state index in [1.165, 1.54) is 4.68 Å². The quantitative estimate of drug-likeness (QED) is 0.740. The molecule has 0 saturated carbocycles. The summed E-state index contributed by atoms with van der Waals surface area (Å²) in [4.78, 5) is 12.0. The monoisotopic (exact) mass is 301 g/mol. The molecule has 21 heavy (non-hydrogen) atoms. The summed E-state index contributed by atoms with van der Waals surface area (Å²) in [5, 5.41) is 22.2. The molecule has 0 bridgehead atoms. The molecule has 0 radical (unpaired) electrons. The minimum absolute atomic E-state index is 0.172. The second kappa shape index (κ2) is 4.98. The fourth-order valence-corrected chi connectivity index (χ4v) is 2.48. The predicted octanol–water partition coefficient (Wildman–Crippen LogP) is 1.35. The zero-order chi connectivity index (χ0) is 15.0. The van der Waals surface area contributed by atoms with Gasteiger partial charge in [0, 0.05) is 6.07 Å². The van der Waals surface area contributed by atoms with Crippen LogP contribution in [0, 0.1) is 6.92 Å². The van der Waals surface area contributed by atoms with Gasteiger partial charge < -0.3 is 10.8 Å². The van der Waals surface area contributed by atoms with Crippen molar-refractivity contribution >= 4 is 16.5 Å². The first-order chi connectivity index (χ1) is 10.0. The van der Waals surface area contributed by atoms with Crippen molar-refractivity contribution in [1.29, 1.82) is 0 Å². The average molecular weight is 301 g/mol. The van der Waals surface area contributed by atoms with Gasteiger partial charge in [-0.1, -0.05) is 23.5 Å². The molecule has 0 atom stereocenters. The number of nitrogens with two attached hydrogens (primary N) is 1. The number of nitrogen functional groups attached to an aromatic ring is 1. The molecular weight excluding hydrogens is 290 g/mol. The first-order valence-corrected chi connectivity index (χ1v) is 6.86. The summed E-state index contributed by atoms with van der Waals surface area (Å²) in [7, 11) is 0. The molecule has 3 N–H and O–H groups in total. The Bertz CT molecular complexity index is 871. The van der Waals surface area contributed by atoms with Crippen LogP contribution in [0.2, 0.25) is 0 Å². The molecule has 3 aromatic rings. The van der Waals surface area contributed by atoms with E-state index in [-0.39, 0.29) is 16.6 Å². The van der Waals surface area contributed by atoms with Crippen LogP contribution in [0.25, 0.3) is 16.4 Å². The van der Waals surface area contributed by atoms with Crippen LogP contribution < -0.4 is 11.3 Å².